The van der Waals surface area contributed by atoms with E-state index in [-0.39, 0.29) is 11.0 Å². The Hall–Kier alpha value is -0.450. The lowest BCUT2D eigenvalue weighted by Crippen LogP contribution is -2.31. The van der Waals surface area contributed by atoms with E-state index in [1.54, 1.807) is 0 Å². The number of hydrogen-bond donors (Lipinski definition) is 1. The molecular weight excluding hydrogens is 280 g/mol. The number of ether oxygens (including phenoxy) is 1. The van der Waals surface area contributed by atoms with Gasteiger partial charge in [0.15, 0.2) is 0 Å². The SMILES string of the molecule is CCNCc1sc(C2(OC)CCCCC2)nc1C(C)(C)C. The van der Waals surface area contributed by atoms with Crippen molar-refractivity contribution in [2.45, 2.75) is 77.4 Å². The molecule has 0 radical (unpaired) electrons. The molecule has 0 amide bonds. The third-order valence-corrected chi connectivity index (χ3v) is 5.63. The number of methoxy groups -OCH3 is 1. The molecular formula is C17H30N2OS. The minimum Gasteiger partial charge on any atom is -0.371 e. The Labute approximate surface area is 133 Å². The third kappa shape index (κ3) is 3.66. The molecule has 1 N–H and O–H groups in total. The summed E-state index contributed by atoms with van der Waals surface area (Å²) in [5, 5.41) is 4.65. The van der Waals surface area contributed by atoms with Gasteiger partial charge in [0.1, 0.15) is 10.6 Å². The number of thiazole rings is 1. The predicted octanol–water partition coefficient (Wildman–Crippen LogP) is 4.36. The van der Waals surface area contributed by atoms with Crippen molar-refractivity contribution in [1.82, 2.24) is 10.3 Å². The first-order chi connectivity index (χ1) is 9.93. The zero-order valence-electron chi connectivity index (χ0n) is 14.2. The quantitative estimate of drug-likeness (QED) is 0.877. The predicted molar refractivity (Wildman–Crippen MR) is 90.0 cm³/mol. The third-order valence-electron chi connectivity index (χ3n) is 4.39. The first kappa shape index (κ1) is 16.9. The zero-order valence-corrected chi connectivity index (χ0v) is 15.0. The lowest BCUT2D eigenvalue weighted by molar-refractivity contribution is -0.0447. The molecule has 1 heterocycles. The standard InChI is InChI=1S/C17H30N2OS/c1-6-18-12-13-14(16(2,3)4)19-15(21-13)17(20-5)10-8-7-9-11-17/h18H,6-12H2,1-5H3. The Morgan fingerprint density at radius 3 is 2.43 bits per heavy atom. The largest absolute Gasteiger partial charge is 0.371 e. The highest BCUT2D eigenvalue weighted by Crippen LogP contribution is 2.43. The molecule has 0 aromatic carbocycles. The van der Waals surface area contributed by atoms with Crippen LogP contribution in [0.15, 0.2) is 0 Å². The average Bonchev–Trinajstić information content (AvgIpc) is 2.90. The zero-order chi connectivity index (χ0) is 15.5. The van der Waals surface area contributed by atoms with E-state index in [1.807, 2.05) is 18.4 Å². The average molecular weight is 311 g/mol. The van der Waals surface area contributed by atoms with Crippen LogP contribution in [0.1, 0.15) is 75.4 Å². The van der Waals surface area contributed by atoms with Crippen molar-refractivity contribution in [2.24, 2.45) is 0 Å². The smallest absolute Gasteiger partial charge is 0.125 e. The van der Waals surface area contributed by atoms with Crippen LogP contribution in [0, 0.1) is 0 Å². The van der Waals surface area contributed by atoms with Crippen LogP contribution in [0.3, 0.4) is 0 Å². The summed E-state index contributed by atoms with van der Waals surface area (Å²) in [6.07, 6.45) is 6.05. The summed E-state index contributed by atoms with van der Waals surface area (Å²) in [5.74, 6) is 0. The molecule has 0 unspecified atom stereocenters. The molecule has 0 atom stereocenters. The van der Waals surface area contributed by atoms with Gasteiger partial charge in [0.25, 0.3) is 0 Å². The maximum atomic E-state index is 5.98. The summed E-state index contributed by atoms with van der Waals surface area (Å²) in [5.41, 5.74) is 1.20. The van der Waals surface area contributed by atoms with Crippen molar-refractivity contribution in [2.75, 3.05) is 13.7 Å². The van der Waals surface area contributed by atoms with E-state index < -0.39 is 0 Å². The van der Waals surface area contributed by atoms with Gasteiger partial charge in [0.2, 0.25) is 0 Å². The molecule has 3 nitrogen and oxygen atoms in total. The molecule has 0 bridgehead atoms. The minimum absolute atomic E-state index is 0.0864. The van der Waals surface area contributed by atoms with Gasteiger partial charge in [0, 0.05) is 23.9 Å². The topological polar surface area (TPSA) is 34.1 Å². The van der Waals surface area contributed by atoms with E-state index >= 15 is 0 Å². The van der Waals surface area contributed by atoms with Crippen molar-refractivity contribution in [1.29, 1.82) is 0 Å². The van der Waals surface area contributed by atoms with Crippen molar-refractivity contribution < 1.29 is 4.74 Å². The van der Waals surface area contributed by atoms with E-state index in [2.05, 4.69) is 33.0 Å². The monoisotopic (exact) mass is 310 g/mol. The number of nitrogens with one attached hydrogen (secondary N) is 1. The van der Waals surface area contributed by atoms with Crippen LogP contribution in [0.4, 0.5) is 0 Å². The molecule has 0 spiro atoms. The highest BCUT2D eigenvalue weighted by atomic mass is 32.1. The molecule has 1 fully saturated rings. The van der Waals surface area contributed by atoms with Crippen LogP contribution in [0.25, 0.3) is 0 Å². The van der Waals surface area contributed by atoms with Crippen molar-refractivity contribution in [3.8, 4) is 0 Å². The molecule has 1 aliphatic rings. The van der Waals surface area contributed by atoms with Gasteiger partial charge in [0.05, 0.1) is 5.69 Å². The number of rotatable bonds is 5. The summed E-state index contributed by atoms with van der Waals surface area (Å²) in [6.45, 7) is 10.8. The van der Waals surface area contributed by atoms with Crippen LogP contribution < -0.4 is 5.32 Å². The van der Waals surface area contributed by atoms with Gasteiger partial charge < -0.3 is 10.1 Å². The van der Waals surface area contributed by atoms with Crippen LogP contribution in [0.2, 0.25) is 0 Å². The van der Waals surface area contributed by atoms with E-state index in [9.17, 15) is 0 Å². The van der Waals surface area contributed by atoms with Crippen LogP contribution in [-0.4, -0.2) is 18.6 Å². The van der Waals surface area contributed by atoms with Gasteiger partial charge in [-0.1, -0.05) is 47.0 Å². The summed E-state index contributed by atoms with van der Waals surface area (Å²) >= 11 is 1.86. The Morgan fingerprint density at radius 2 is 1.90 bits per heavy atom. The second-order valence-corrected chi connectivity index (χ2v) is 8.16. The van der Waals surface area contributed by atoms with E-state index in [0.29, 0.717) is 0 Å². The number of aromatic nitrogens is 1. The maximum absolute atomic E-state index is 5.98. The molecule has 120 valence electrons. The lowest BCUT2D eigenvalue weighted by atomic mass is 9.85. The van der Waals surface area contributed by atoms with Gasteiger partial charge in [-0.3, -0.25) is 0 Å². The molecule has 2 rings (SSSR count). The first-order valence-corrected chi connectivity index (χ1v) is 9.01. The molecule has 1 aliphatic carbocycles. The molecule has 21 heavy (non-hydrogen) atoms. The van der Waals surface area contributed by atoms with Gasteiger partial charge in [-0.2, -0.15) is 0 Å². The highest BCUT2D eigenvalue weighted by molar-refractivity contribution is 7.11. The fraction of sp³-hybridized carbons (Fsp3) is 0.824. The summed E-state index contributed by atoms with van der Waals surface area (Å²) in [4.78, 5) is 6.43. The van der Waals surface area contributed by atoms with Crippen molar-refractivity contribution in [3.63, 3.8) is 0 Å². The van der Waals surface area contributed by atoms with E-state index in [4.69, 9.17) is 9.72 Å². The number of nitrogens with zero attached hydrogens (tertiary/aromatic N) is 1. The first-order valence-electron chi connectivity index (χ1n) is 8.19. The molecule has 4 heteroatoms. The Balaban J connectivity index is 2.37. The summed E-state index contributed by atoms with van der Waals surface area (Å²) < 4.78 is 5.98. The molecule has 1 aromatic rings. The molecule has 1 aromatic heterocycles. The van der Waals surface area contributed by atoms with Gasteiger partial charge in [-0.05, 0) is 19.4 Å². The second kappa shape index (κ2) is 6.76. The van der Waals surface area contributed by atoms with E-state index in [1.165, 1.54) is 34.8 Å². The minimum atomic E-state index is -0.132. The molecule has 1 saturated carbocycles. The molecule has 0 aliphatic heterocycles. The summed E-state index contributed by atoms with van der Waals surface area (Å²) in [6, 6.07) is 0. The van der Waals surface area contributed by atoms with Gasteiger partial charge in [-0.15, -0.1) is 11.3 Å². The second-order valence-electron chi connectivity index (χ2n) is 7.08. The Morgan fingerprint density at radius 1 is 1.24 bits per heavy atom. The fourth-order valence-electron chi connectivity index (χ4n) is 3.12. The normalized spacial score (nSPS) is 18.9. The van der Waals surface area contributed by atoms with Crippen LogP contribution >= 0.6 is 11.3 Å². The van der Waals surface area contributed by atoms with Gasteiger partial charge in [-0.25, -0.2) is 4.98 Å². The lowest BCUT2D eigenvalue weighted by Gasteiger charge is -2.34. The van der Waals surface area contributed by atoms with Crippen molar-refractivity contribution in [3.05, 3.63) is 15.6 Å². The van der Waals surface area contributed by atoms with Crippen LogP contribution in [-0.2, 0) is 22.3 Å². The highest BCUT2D eigenvalue weighted by Gasteiger charge is 2.38. The maximum Gasteiger partial charge on any atom is 0.125 e. The summed E-state index contributed by atoms with van der Waals surface area (Å²) in [7, 11) is 1.85. The molecule has 0 saturated heterocycles. The van der Waals surface area contributed by atoms with Crippen molar-refractivity contribution >= 4 is 11.3 Å². The van der Waals surface area contributed by atoms with E-state index in [0.717, 1.165) is 25.9 Å². The number of hydrogen-bond acceptors (Lipinski definition) is 4. The Bertz CT molecular complexity index is 456. The fourth-order valence-corrected chi connectivity index (χ4v) is 4.59. The van der Waals surface area contributed by atoms with Crippen LogP contribution in [0.5, 0.6) is 0 Å². The Kier molecular flexibility index (Phi) is 5.44. The van der Waals surface area contributed by atoms with Gasteiger partial charge >= 0.3 is 0 Å².